The Labute approximate surface area is 160 Å². The van der Waals surface area contributed by atoms with Crippen LogP contribution in [0.2, 0.25) is 0 Å². The number of piperidine rings is 1. The molecule has 3 heterocycles. The molecule has 0 radical (unpaired) electrons. The summed E-state index contributed by atoms with van der Waals surface area (Å²) in [5.74, 6) is 0.427. The lowest BCUT2D eigenvalue weighted by Gasteiger charge is -2.36. The highest BCUT2D eigenvalue weighted by molar-refractivity contribution is 7.90. The minimum absolute atomic E-state index is 0.334. The zero-order valence-electron chi connectivity index (χ0n) is 15.5. The quantitative estimate of drug-likeness (QED) is 0.683. The van der Waals surface area contributed by atoms with E-state index in [4.69, 9.17) is 0 Å². The second-order valence-corrected chi connectivity index (χ2v) is 9.75. The summed E-state index contributed by atoms with van der Waals surface area (Å²) in [5, 5.41) is 1.07. The molecule has 2 fully saturated rings. The van der Waals surface area contributed by atoms with Crippen molar-refractivity contribution in [1.82, 2.24) is 8.87 Å². The number of nitrogens with zero attached hydrogens (tertiary/aromatic N) is 2. The zero-order valence-corrected chi connectivity index (χ0v) is 16.3. The number of rotatable bonds is 3. The number of benzene rings is 2. The maximum absolute atomic E-state index is 13.3. The van der Waals surface area contributed by atoms with Gasteiger partial charge in [0.2, 0.25) is 0 Å². The largest absolute Gasteiger partial charge is 0.300 e. The number of hydrogen-bond donors (Lipinski definition) is 0. The first kappa shape index (κ1) is 17.0. The topological polar surface area (TPSA) is 42.3 Å². The monoisotopic (exact) mass is 380 g/mol. The van der Waals surface area contributed by atoms with Gasteiger partial charge in [-0.3, -0.25) is 0 Å². The van der Waals surface area contributed by atoms with E-state index in [1.807, 2.05) is 30.5 Å². The molecule has 1 aromatic heterocycles. The molecule has 27 heavy (non-hydrogen) atoms. The SMILES string of the molecule is CN1[C@@H]2CC[C@H]1CC(c1cn(S(=O)(=O)c3ccccc3)c3ccccc13)C2. The predicted octanol–water partition coefficient (Wildman–Crippen LogP) is 4.22. The third-order valence-corrected chi connectivity index (χ3v) is 8.23. The van der Waals surface area contributed by atoms with E-state index in [2.05, 4.69) is 18.0 Å². The van der Waals surface area contributed by atoms with Crippen LogP contribution in [0.15, 0.2) is 65.7 Å². The Hall–Kier alpha value is -2.11. The van der Waals surface area contributed by atoms with Crippen molar-refractivity contribution in [3.8, 4) is 0 Å². The van der Waals surface area contributed by atoms with Gasteiger partial charge in [0.1, 0.15) is 0 Å². The second-order valence-electron chi connectivity index (χ2n) is 7.93. The van der Waals surface area contributed by atoms with Gasteiger partial charge in [0.15, 0.2) is 0 Å². The Morgan fingerprint density at radius 3 is 2.22 bits per heavy atom. The summed E-state index contributed by atoms with van der Waals surface area (Å²) in [6.45, 7) is 0. The van der Waals surface area contributed by atoms with Crippen molar-refractivity contribution in [3.63, 3.8) is 0 Å². The summed E-state index contributed by atoms with van der Waals surface area (Å²) in [4.78, 5) is 2.86. The predicted molar refractivity (Wildman–Crippen MR) is 108 cm³/mol. The molecule has 0 aliphatic carbocycles. The van der Waals surface area contributed by atoms with Crippen LogP contribution in [0.3, 0.4) is 0 Å². The summed E-state index contributed by atoms with van der Waals surface area (Å²) in [6, 6.07) is 17.9. The molecule has 4 nitrogen and oxygen atoms in total. The molecule has 0 saturated carbocycles. The summed E-state index contributed by atoms with van der Waals surface area (Å²) < 4.78 is 28.1. The summed E-state index contributed by atoms with van der Waals surface area (Å²) in [5.41, 5.74) is 1.97. The first-order valence-electron chi connectivity index (χ1n) is 9.68. The van der Waals surface area contributed by atoms with Gasteiger partial charge in [-0.25, -0.2) is 12.4 Å². The number of fused-ring (bicyclic) bond motifs is 3. The van der Waals surface area contributed by atoms with E-state index in [0.29, 0.717) is 22.9 Å². The molecule has 3 atom stereocenters. The molecular weight excluding hydrogens is 356 g/mol. The van der Waals surface area contributed by atoms with Crippen molar-refractivity contribution in [2.75, 3.05) is 7.05 Å². The highest BCUT2D eigenvalue weighted by Gasteiger charge is 2.40. The number of hydrogen-bond acceptors (Lipinski definition) is 3. The van der Waals surface area contributed by atoms with Crippen molar-refractivity contribution < 1.29 is 8.42 Å². The van der Waals surface area contributed by atoms with E-state index in [-0.39, 0.29) is 0 Å². The summed E-state index contributed by atoms with van der Waals surface area (Å²) in [7, 11) is -1.36. The van der Waals surface area contributed by atoms with Crippen LogP contribution in [0, 0.1) is 0 Å². The molecule has 0 amide bonds. The van der Waals surface area contributed by atoms with Crippen LogP contribution < -0.4 is 0 Å². The minimum atomic E-state index is -3.60. The Morgan fingerprint density at radius 2 is 1.52 bits per heavy atom. The van der Waals surface area contributed by atoms with E-state index in [9.17, 15) is 8.42 Å². The molecule has 2 bridgehead atoms. The molecular formula is C22H24N2O2S. The molecule has 2 aliphatic rings. The van der Waals surface area contributed by atoms with Crippen molar-refractivity contribution in [2.45, 2.75) is 48.6 Å². The smallest absolute Gasteiger partial charge is 0.268 e. The van der Waals surface area contributed by atoms with Crippen LogP contribution >= 0.6 is 0 Å². The highest BCUT2D eigenvalue weighted by Crippen LogP contribution is 2.44. The Kier molecular flexibility index (Phi) is 3.92. The fraction of sp³-hybridized carbons (Fsp3) is 0.364. The minimum Gasteiger partial charge on any atom is -0.300 e. The van der Waals surface area contributed by atoms with Crippen LogP contribution in [-0.4, -0.2) is 36.4 Å². The van der Waals surface area contributed by atoms with E-state index >= 15 is 0 Å². The third kappa shape index (κ3) is 2.64. The van der Waals surface area contributed by atoms with Crippen LogP contribution in [0.25, 0.3) is 10.9 Å². The normalized spacial score (nSPS) is 25.9. The van der Waals surface area contributed by atoms with E-state index in [1.165, 1.54) is 22.4 Å². The number of para-hydroxylation sites is 1. The molecule has 0 N–H and O–H groups in total. The molecule has 5 heteroatoms. The molecule has 2 saturated heterocycles. The van der Waals surface area contributed by atoms with Crippen molar-refractivity contribution in [3.05, 3.63) is 66.4 Å². The van der Waals surface area contributed by atoms with Gasteiger partial charge in [-0.05, 0) is 62.4 Å². The van der Waals surface area contributed by atoms with Crippen molar-refractivity contribution in [1.29, 1.82) is 0 Å². The average molecular weight is 381 g/mol. The summed E-state index contributed by atoms with van der Waals surface area (Å²) >= 11 is 0. The van der Waals surface area contributed by atoms with Crippen LogP contribution in [0.1, 0.15) is 37.2 Å². The first-order valence-corrected chi connectivity index (χ1v) is 11.1. The van der Waals surface area contributed by atoms with Gasteiger partial charge in [-0.2, -0.15) is 0 Å². The molecule has 140 valence electrons. The highest BCUT2D eigenvalue weighted by atomic mass is 32.2. The van der Waals surface area contributed by atoms with Crippen LogP contribution in [0.5, 0.6) is 0 Å². The molecule has 2 aliphatic heterocycles. The lowest BCUT2D eigenvalue weighted by Crippen LogP contribution is -2.39. The first-order chi connectivity index (χ1) is 13.1. The standard InChI is InChI=1S/C22H24N2O2S/c1-23-17-11-12-18(23)14-16(13-17)21-15-24(22-10-6-5-9-20(21)22)27(25,26)19-7-3-2-4-8-19/h2-10,15-18H,11-14H2,1H3/t16?,17-,18+. The average Bonchev–Trinajstić information content (AvgIpc) is 3.15. The van der Waals surface area contributed by atoms with Crippen molar-refractivity contribution in [2.24, 2.45) is 0 Å². The molecule has 5 rings (SSSR count). The number of aromatic nitrogens is 1. The third-order valence-electron chi connectivity index (χ3n) is 6.55. The lowest BCUT2D eigenvalue weighted by atomic mass is 9.85. The van der Waals surface area contributed by atoms with E-state index in [0.717, 1.165) is 23.7 Å². The maximum atomic E-state index is 13.3. The Morgan fingerprint density at radius 1 is 0.889 bits per heavy atom. The zero-order chi connectivity index (χ0) is 18.6. The molecule has 1 unspecified atom stereocenters. The van der Waals surface area contributed by atoms with Gasteiger partial charge in [0.25, 0.3) is 10.0 Å². The van der Waals surface area contributed by atoms with Crippen LogP contribution in [-0.2, 0) is 10.0 Å². The Balaban J connectivity index is 1.64. The fourth-order valence-electron chi connectivity index (χ4n) is 5.07. The van der Waals surface area contributed by atoms with Gasteiger partial charge in [0.05, 0.1) is 10.4 Å². The van der Waals surface area contributed by atoms with Gasteiger partial charge < -0.3 is 4.90 Å². The fourth-order valence-corrected chi connectivity index (χ4v) is 6.47. The van der Waals surface area contributed by atoms with Crippen LogP contribution in [0.4, 0.5) is 0 Å². The molecule has 0 spiro atoms. The van der Waals surface area contributed by atoms with E-state index < -0.39 is 10.0 Å². The van der Waals surface area contributed by atoms with Gasteiger partial charge >= 0.3 is 0 Å². The van der Waals surface area contributed by atoms with Gasteiger partial charge in [-0.1, -0.05) is 36.4 Å². The van der Waals surface area contributed by atoms with Crippen molar-refractivity contribution >= 4 is 20.9 Å². The summed E-state index contributed by atoms with van der Waals surface area (Å²) in [6.07, 6.45) is 6.65. The maximum Gasteiger partial charge on any atom is 0.268 e. The molecule has 2 aromatic carbocycles. The van der Waals surface area contributed by atoms with Gasteiger partial charge in [-0.15, -0.1) is 0 Å². The van der Waals surface area contributed by atoms with Gasteiger partial charge in [0, 0.05) is 23.7 Å². The van der Waals surface area contributed by atoms with E-state index in [1.54, 1.807) is 24.3 Å². The Bertz CT molecular complexity index is 1070. The lowest BCUT2D eigenvalue weighted by molar-refractivity contribution is 0.162. The molecule has 3 aromatic rings. The second kappa shape index (κ2) is 6.21.